The number of fused-ring (bicyclic) bond motifs is 3. The van der Waals surface area contributed by atoms with Crippen molar-refractivity contribution < 1.29 is 23.9 Å². The number of amides is 3. The van der Waals surface area contributed by atoms with Gasteiger partial charge in [-0.25, -0.2) is 0 Å². The van der Waals surface area contributed by atoms with Gasteiger partial charge in [0.15, 0.2) is 6.61 Å². The fourth-order valence-corrected chi connectivity index (χ4v) is 5.55. The number of hydrogen-bond donors (Lipinski definition) is 1. The van der Waals surface area contributed by atoms with Gasteiger partial charge >= 0.3 is 5.97 Å². The van der Waals surface area contributed by atoms with E-state index in [1.54, 1.807) is 24.3 Å². The molecule has 1 aliphatic heterocycles. The van der Waals surface area contributed by atoms with Crippen molar-refractivity contribution in [2.45, 2.75) is 26.3 Å². The predicted octanol–water partition coefficient (Wildman–Crippen LogP) is 5.53. The predicted molar refractivity (Wildman–Crippen MR) is 153 cm³/mol. The Balaban J connectivity index is 1.03. The lowest BCUT2D eigenvalue weighted by Crippen LogP contribution is -2.41. The van der Waals surface area contributed by atoms with Gasteiger partial charge in [-0.1, -0.05) is 42.5 Å². The first-order chi connectivity index (χ1) is 19.5. The Hall–Kier alpha value is -4.98. The second kappa shape index (κ2) is 10.3. The molecule has 0 spiro atoms. The highest BCUT2D eigenvalue weighted by Gasteiger charge is 2.32. The van der Waals surface area contributed by atoms with E-state index in [1.165, 1.54) is 4.90 Å². The van der Waals surface area contributed by atoms with Crippen LogP contribution in [-0.2, 0) is 20.9 Å². The molecule has 40 heavy (non-hydrogen) atoms. The van der Waals surface area contributed by atoms with Gasteiger partial charge in [0.1, 0.15) is 0 Å². The van der Waals surface area contributed by atoms with Gasteiger partial charge in [-0.15, -0.1) is 0 Å². The normalized spacial score (nSPS) is 12.9. The molecule has 0 saturated carbocycles. The number of imide groups is 1. The van der Waals surface area contributed by atoms with Crippen LogP contribution in [0.1, 0.15) is 40.5 Å². The van der Waals surface area contributed by atoms with Crippen molar-refractivity contribution in [3.63, 3.8) is 0 Å². The van der Waals surface area contributed by atoms with Crippen molar-refractivity contribution in [2.75, 3.05) is 18.5 Å². The summed E-state index contributed by atoms with van der Waals surface area (Å²) < 4.78 is 7.38. The highest BCUT2D eigenvalue weighted by atomic mass is 16.5. The van der Waals surface area contributed by atoms with E-state index in [4.69, 9.17) is 4.74 Å². The monoisotopic (exact) mass is 533 g/mol. The van der Waals surface area contributed by atoms with Crippen LogP contribution in [0.3, 0.4) is 0 Å². The first-order valence-electron chi connectivity index (χ1n) is 13.3. The van der Waals surface area contributed by atoms with Crippen LogP contribution in [0, 0.1) is 0 Å². The van der Waals surface area contributed by atoms with E-state index < -0.39 is 18.5 Å². The van der Waals surface area contributed by atoms with Gasteiger partial charge in [-0.2, -0.15) is 0 Å². The minimum absolute atomic E-state index is 0.0291. The van der Waals surface area contributed by atoms with Crippen molar-refractivity contribution in [2.24, 2.45) is 0 Å². The highest BCUT2D eigenvalue weighted by Crippen LogP contribution is 2.32. The Labute approximate surface area is 230 Å². The number of aryl methyl sites for hydroxylation is 1. The smallest absolute Gasteiger partial charge is 0.306 e. The molecule has 5 aromatic rings. The van der Waals surface area contributed by atoms with Crippen molar-refractivity contribution in [3.8, 4) is 0 Å². The molecule has 4 aromatic carbocycles. The molecule has 200 valence electrons. The van der Waals surface area contributed by atoms with E-state index in [2.05, 4.69) is 28.9 Å². The van der Waals surface area contributed by atoms with E-state index in [-0.39, 0.29) is 31.2 Å². The summed E-state index contributed by atoms with van der Waals surface area (Å²) >= 11 is 0. The first-order valence-corrected chi connectivity index (χ1v) is 13.3. The standard InChI is InChI=1S/C32H27N3O5/c1-2-34-26-13-4-3-10-22(26)25-18-21(15-16-27(25)34)33-28(36)19-40-29(37)14-7-17-35-31(38)23-11-5-8-20-9-6-12-24(30(20)23)32(35)39/h3-6,8-13,15-16,18H,2,7,14,17,19H2,1H3,(H,33,36). The third-order valence-electron chi connectivity index (χ3n) is 7.36. The maximum Gasteiger partial charge on any atom is 0.306 e. The number of para-hydroxylation sites is 1. The number of carbonyl (C=O) groups excluding carboxylic acids is 4. The van der Waals surface area contributed by atoms with E-state index in [0.29, 0.717) is 22.2 Å². The fourth-order valence-electron chi connectivity index (χ4n) is 5.55. The average Bonchev–Trinajstić information content (AvgIpc) is 3.29. The largest absolute Gasteiger partial charge is 0.456 e. The number of nitrogens with one attached hydrogen (secondary N) is 1. The summed E-state index contributed by atoms with van der Waals surface area (Å²) in [5, 5.41) is 6.44. The second-order valence-electron chi connectivity index (χ2n) is 9.78. The molecule has 0 radical (unpaired) electrons. The van der Waals surface area contributed by atoms with Crippen LogP contribution in [0.15, 0.2) is 78.9 Å². The molecule has 1 aromatic heterocycles. The molecular weight excluding hydrogens is 506 g/mol. The number of esters is 1. The fraction of sp³-hybridized carbons (Fsp3) is 0.188. The van der Waals surface area contributed by atoms with Gasteiger partial charge in [-0.3, -0.25) is 24.1 Å². The SMILES string of the molecule is CCn1c2ccccc2c2cc(NC(=O)COC(=O)CCCN3C(=O)c4cccc5cccc(c45)C3=O)ccc21. The van der Waals surface area contributed by atoms with E-state index in [9.17, 15) is 19.2 Å². The van der Waals surface area contributed by atoms with Crippen LogP contribution in [0.25, 0.3) is 32.6 Å². The maximum atomic E-state index is 13.0. The average molecular weight is 534 g/mol. The van der Waals surface area contributed by atoms with Gasteiger partial charge in [0.25, 0.3) is 17.7 Å². The molecule has 6 rings (SSSR count). The molecule has 0 aliphatic carbocycles. The van der Waals surface area contributed by atoms with Gasteiger partial charge in [0.05, 0.1) is 0 Å². The summed E-state index contributed by atoms with van der Waals surface area (Å²) in [6, 6.07) is 24.6. The molecule has 0 unspecified atom stereocenters. The van der Waals surface area contributed by atoms with Gasteiger partial charge in [0, 0.05) is 63.5 Å². The summed E-state index contributed by atoms with van der Waals surface area (Å²) in [5.41, 5.74) is 3.78. The van der Waals surface area contributed by atoms with Crippen LogP contribution in [-0.4, -0.2) is 46.3 Å². The summed E-state index contributed by atoms with van der Waals surface area (Å²) in [4.78, 5) is 52.0. The van der Waals surface area contributed by atoms with Crippen LogP contribution >= 0.6 is 0 Å². The Bertz CT molecular complexity index is 1790. The molecule has 8 nitrogen and oxygen atoms in total. The third-order valence-corrected chi connectivity index (χ3v) is 7.36. The van der Waals surface area contributed by atoms with E-state index >= 15 is 0 Å². The Kier molecular flexibility index (Phi) is 6.51. The minimum Gasteiger partial charge on any atom is -0.456 e. The zero-order chi connectivity index (χ0) is 27.8. The molecule has 8 heteroatoms. The number of aromatic nitrogens is 1. The molecule has 0 fully saturated rings. The zero-order valence-electron chi connectivity index (χ0n) is 22.0. The third kappa shape index (κ3) is 4.37. The lowest BCUT2D eigenvalue weighted by molar-refractivity contribution is -0.147. The molecule has 0 saturated heterocycles. The zero-order valence-corrected chi connectivity index (χ0v) is 22.0. The summed E-state index contributed by atoms with van der Waals surface area (Å²) in [7, 11) is 0. The Morgan fingerprint density at radius 1 is 0.825 bits per heavy atom. The Morgan fingerprint density at radius 2 is 1.52 bits per heavy atom. The van der Waals surface area contributed by atoms with E-state index in [0.717, 1.165) is 33.7 Å². The molecule has 0 bridgehead atoms. The van der Waals surface area contributed by atoms with Crippen molar-refractivity contribution in [1.82, 2.24) is 9.47 Å². The topological polar surface area (TPSA) is 97.7 Å². The van der Waals surface area contributed by atoms with Crippen LogP contribution in [0.2, 0.25) is 0 Å². The van der Waals surface area contributed by atoms with Crippen molar-refractivity contribution in [1.29, 1.82) is 0 Å². The van der Waals surface area contributed by atoms with Crippen molar-refractivity contribution in [3.05, 3.63) is 90.0 Å². The molecule has 2 heterocycles. The Morgan fingerprint density at radius 3 is 2.25 bits per heavy atom. The van der Waals surface area contributed by atoms with Crippen LogP contribution < -0.4 is 5.32 Å². The number of benzene rings is 4. The van der Waals surface area contributed by atoms with Crippen molar-refractivity contribution >= 4 is 62.0 Å². The number of nitrogens with zero attached hydrogens (tertiary/aromatic N) is 2. The molecular formula is C32H27N3O5. The molecule has 1 N–H and O–H groups in total. The number of anilines is 1. The number of ether oxygens (including phenoxy) is 1. The summed E-state index contributed by atoms with van der Waals surface area (Å²) in [5.74, 6) is -1.77. The number of rotatable bonds is 8. The second-order valence-corrected chi connectivity index (χ2v) is 9.78. The van der Waals surface area contributed by atoms with Crippen LogP contribution in [0.5, 0.6) is 0 Å². The van der Waals surface area contributed by atoms with Gasteiger partial charge < -0.3 is 14.6 Å². The quantitative estimate of drug-likeness (QED) is 0.209. The summed E-state index contributed by atoms with van der Waals surface area (Å²) in [6.07, 6.45) is 0.201. The molecule has 1 aliphatic rings. The number of hydrogen-bond acceptors (Lipinski definition) is 5. The lowest BCUT2D eigenvalue weighted by atomic mass is 9.94. The lowest BCUT2D eigenvalue weighted by Gasteiger charge is -2.27. The van der Waals surface area contributed by atoms with E-state index in [1.807, 2.05) is 42.5 Å². The summed E-state index contributed by atoms with van der Waals surface area (Å²) in [6.45, 7) is 2.58. The van der Waals surface area contributed by atoms with Gasteiger partial charge in [-0.05, 0) is 55.1 Å². The van der Waals surface area contributed by atoms with Gasteiger partial charge in [0.2, 0.25) is 0 Å². The minimum atomic E-state index is -0.573. The molecule has 0 atom stereocenters. The maximum absolute atomic E-state index is 13.0. The van der Waals surface area contributed by atoms with Crippen LogP contribution in [0.4, 0.5) is 5.69 Å². The number of carbonyl (C=O) groups is 4. The highest BCUT2D eigenvalue weighted by molar-refractivity contribution is 6.25. The molecule has 3 amide bonds. The first kappa shape index (κ1) is 25.3.